The van der Waals surface area contributed by atoms with E-state index in [1.807, 2.05) is 67.6 Å². The zero-order valence-electron chi connectivity index (χ0n) is 18.2. The number of aromatic nitrogens is 2. The summed E-state index contributed by atoms with van der Waals surface area (Å²) in [5.74, 6) is 3.28. The van der Waals surface area contributed by atoms with Gasteiger partial charge in [-0.05, 0) is 62.2 Å². The normalized spacial score (nSPS) is 12.0. The first kappa shape index (κ1) is 20.8. The molecule has 31 heavy (non-hydrogen) atoms. The van der Waals surface area contributed by atoms with Gasteiger partial charge in [-0.3, -0.25) is 0 Å². The van der Waals surface area contributed by atoms with Crippen molar-refractivity contribution in [3.05, 3.63) is 84.2 Å². The van der Waals surface area contributed by atoms with Crippen LogP contribution in [0.3, 0.4) is 0 Å². The van der Waals surface area contributed by atoms with Gasteiger partial charge in [0.05, 0.1) is 24.8 Å². The van der Waals surface area contributed by atoms with Crippen LogP contribution in [0.4, 0.5) is 0 Å². The molecule has 4 rings (SSSR count). The molecule has 0 spiro atoms. The van der Waals surface area contributed by atoms with Crippen LogP contribution in [0.1, 0.15) is 30.8 Å². The van der Waals surface area contributed by atoms with Crippen LogP contribution in [0.25, 0.3) is 11.0 Å². The van der Waals surface area contributed by atoms with E-state index in [2.05, 4.69) is 23.6 Å². The number of aryl methyl sites for hydroxylation is 2. The summed E-state index contributed by atoms with van der Waals surface area (Å²) in [4.78, 5) is 4.87. The molecule has 5 nitrogen and oxygen atoms in total. The van der Waals surface area contributed by atoms with Crippen molar-refractivity contribution in [1.82, 2.24) is 9.55 Å². The molecule has 0 aliphatic heterocycles. The van der Waals surface area contributed by atoms with E-state index in [9.17, 15) is 0 Å². The van der Waals surface area contributed by atoms with E-state index in [4.69, 9.17) is 19.2 Å². The minimum absolute atomic E-state index is 0.177. The minimum Gasteiger partial charge on any atom is -0.493 e. The second-order valence-electron chi connectivity index (χ2n) is 7.54. The molecule has 3 aromatic carbocycles. The monoisotopic (exact) mass is 416 g/mol. The summed E-state index contributed by atoms with van der Waals surface area (Å²) in [6, 6.07) is 24.0. The molecule has 1 heterocycles. The third-order valence-corrected chi connectivity index (χ3v) is 5.20. The molecule has 0 aliphatic rings. The summed E-state index contributed by atoms with van der Waals surface area (Å²) in [5, 5.41) is 0. The molecule has 0 fully saturated rings. The van der Waals surface area contributed by atoms with Crippen LogP contribution in [0.5, 0.6) is 17.2 Å². The Hall–Kier alpha value is -3.47. The minimum atomic E-state index is -0.177. The van der Waals surface area contributed by atoms with E-state index in [0.29, 0.717) is 6.61 Å². The Bertz CT molecular complexity index is 1150. The highest BCUT2D eigenvalue weighted by atomic mass is 16.5. The number of imidazole rings is 1. The Kier molecular flexibility index (Phi) is 6.41. The van der Waals surface area contributed by atoms with Crippen LogP contribution in [0.15, 0.2) is 72.8 Å². The zero-order chi connectivity index (χ0) is 21.6. The SMILES string of the molecule is COc1ccccc1OCCCn1c(C(C)Oc2cccc(C)c2)nc2ccccc21. The molecule has 0 bridgehead atoms. The Morgan fingerprint density at radius 2 is 1.71 bits per heavy atom. The highest BCUT2D eigenvalue weighted by Crippen LogP contribution is 2.27. The van der Waals surface area contributed by atoms with Crippen molar-refractivity contribution >= 4 is 11.0 Å². The molecule has 0 aliphatic carbocycles. The quantitative estimate of drug-likeness (QED) is 0.316. The van der Waals surface area contributed by atoms with Gasteiger partial charge in [-0.1, -0.05) is 36.4 Å². The molecule has 0 radical (unpaired) electrons. The first-order chi connectivity index (χ1) is 15.2. The predicted octanol–water partition coefficient (Wildman–Crippen LogP) is 5.96. The van der Waals surface area contributed by atoms with Gasteiger partial charge in [0.25, 0.3) is 0 Å². The summed E-state index contributed by atoms with van der Waals surface area (Å²) >= 11 is 0. The topological polar surface area (TPSA) is 45.5 Å². The van der Waals surface area contributed by atoms with Gasteiger partial charge < -0.3 is 18.8 Å². The fourth-order valence-corrected chi connectivity index (χ4v) is 3.73. The molecule has 160 valence electrons. The Balaban J connectivity index is 1.49. The Morgan fingerprint density at radius 1 is 0.935 bits per heavy atom. The number of hydrogen-bond acceptors (Lipinski definition) is 4. The molecule has 0 saturated heterocycles. The maximum atomic E-state index is 6.23. The van der Waals surface area contributed by atoms with Crippen molar-refractivity contribution in [1.29, 1.82) is 0 Å². The molecular formula is C26H28N2O3. The second kappa shape index (κ2) is 9.56. The number of para-hydroxylation sites is 4. The number of methoxy groups -OCH3 is 1. The smallest absolute Gasteiger partial charge is 0.161 e. The van der Waals surface area contributed by atoms with E-state index in [1.54, 1.807) is 7.11 Å². The number of fused-ring (bicyclic) bond motifs is 1. The van der Waals surface area contributed by atoms with Gasteiger partial charge in [0, 0.05) is 6.54 Å². The molecular weight excluding hydrogens is 388 g/mol. The van der Waals surface area contributed by atoms with Gasteiger partial charge in [0.15, 0.2) is 23.4 Å². The first-order valence-corrected chi connectivity index (χ1v) is 10.6. The molecule has 1 atom stereocenters. The number of nitrogens with zero attached hydrogens (tertiary/aromatic N) is 2. The lowest BCUT2D eigenvalue weighted by molar-refractivity contribution is 0.209. The summed E-state index contributed by atoms with van der Waals surface area (Å²) in [7, 11) is 1.65. The Labute approximate surface area is 183 Å². The zero-order valence-corrected chi connectivity index (χ0v) is 18.2. The predicted molar refractivity (Wildman–Crippen MR) is 123 cm³/mol. The average molecular weight is 417 g/mol. The van der Waals surface area contributed by atoms with Gasteiger partial charge >= 0.3 is 0 Å². The molecule has 1 unspecified atom stereocenters. The first-order valence-electron chi connectivity index (χ1n) is 10.6. The number of rotatable bonds is 9. The summed E-state index contributed by atoms with van der Waals surface area (Å²) in [6.07, 6.45) is 0.659. The second-order valence-corrected chi connectivity index (χ2v) is 7.54. The number of benzene rings is 3. The Morgan fingerprint density at radius 3 is 2.52 bits per heavy atom. The molecule has 4 aromatic rings. The summed E-state index contributed by atoms with van der Waals surface area (Å²) in [6.45, 7) is 5.48. The van der Waals surface area contributed by atoms with Gasteiger partial charge in [0.1, 0.15) is 5.75 Å². The maximum Gasteiger partial charge on any atom is 0.161 e. The van der Waals surface area contributed by atoms with Crippen LogP contribution >= 0.6 is 0 Å². The molecule has 5 heteroatoms. The van der Waals surface area contributed by atoms with E-state index >= 15 is 0 Å². The van der Waals surface area contributed by atoms with Crippen LogP contribution < -0.4 is 14.2 Å². The molecule has 0 amide bonds. The van der Waals surface area contributed by atoms with E-state index in [0.717, 1.165) is 47.1 Å². The fraction of sp³-hybridized carbons (Fsp3) is 0.269. The van der Waals surface area contributed by atoms with Crippen molar-refractivity contribution < 1.29 is 14.2 Å². The molecule has 1 aromatic heterocycles. The van der Waals surface area contributed by atoms with Gasteiger partial charge in [-0.2, -0.15) is 0 Å². The maximum absolute atomic E-state index is 6.23. The highest BCUT2D eigenvalue weighted by Gasteiger charge is 2.18. The fourth-order valence-electron chi connectivity index (χ4n) is 3.73. The largest absolute Gasteiger partial charge is 0.493 e. The van der Waals surface area contributed by atoms with Gasteiger partial charge in [-0.15, -0.1) is 0 Å². The molecule has 0 N–H and O–H groups in total. The van der Waals surface area contributed by atoms with Crippen LogP contribution in [0.2, 0.25) is 0 Å². The average Bonchev–Trinajstić information content (AvgIpc) is 3.16. The van der Waals surface area contributed by atoms with E-state index < -0.39 is 0 Å². The number of hydrogen-bond donors (Lipinski definition) is 0. The highest BCUT2D eigenvalue weighted by molar-refractivity contribution is 5.76. The lowest BCUT2D eigenvalue weighted by Crippen LogP contribution is -2.13. The lowest BCUT2D eigenvalue weighted by atomic mass is 10.2. The summed E-state index contributed by atoms with van der Waals surface area (Å²) < 4.78 is 19.8. The van der Waals surface area contributed by atoms with Crippen molar-refractivity contribution in [3.8, 4) is 17.2 Å². The molecule has 0 saturated carbocycles. The van der Waals surface area contributed by atoms with E-state index in [1.165, 1.54) is 5.56 Å². The van der Waals surface area contributed by atoms with Gasteiger partial charge in [0.2, 0.25) is 0 Å². The van der Waals surface area contributed by atoms with Crippen molar-refractivity contribution in [2.24, 2.45) is 0 Å². The van der Waals surface area contributed by atoms with Crippen molar-refractivity contribution in [2.45, 2.75) is 32.9 Å². The number of ether oxygens (including phenoxy) is 3. The third kappa shape index (κ3) is 4.82. The van der Waals surface area contributed by atoms with Crippen LogP contribution in [0, 0.1) is 6.92 Å². The lowest BCUT2D eigenvalue weighted by Gasteiger charge is -2.17. The standard InChI is InChI=1S/C26H28N2O3/c1-19-10-8-11-21(18-19)31-20(2)26-27-22-12-4-5-13-23(22)28(26)16-9-17-30-25-15-7-6-14-24(25)29-3/h4-8,10-15,18,20H,9,16-17H2,1-3H3. The van der Waals surface area contributed by atoms with E-state index in [-0.39, 0.29) is 6.10 Å². The summed E-state index contributed by atoms with van der Waals surface area (Å²) in [5.41, 5.74) is 3.25. The van der Waals surface area contributed by atoms with Gasteiger partial charge in [-0.25, -0.2) is 4.98 Å². The van der Waals surface area contributed by atoms with Crippen molar-refractivity contribution in [2.75, 3.05) is 13.7 Å². The third-order valence-electron chi connectivity index (χ3n) is 5.20. The van der Waals surface area contributed by atoms with Crippen LogP contribution in [-0.2, 0) is 6.54 Å². The van der Waals surface area contributed by atoms with Crippen LogP contribution in [-0.4, -0.2) is 23.3 Å². The van der Waals surface area contributed by atoms with Crippen molar-refractivity contribution in [3.63, 3.8) is 0 Å².